The fourth-order valence-electron chi connectivity index (χ4n) is 1.97. The van der Waals surface area contributed by atoms with Gasteiger partial charge in [-0.15, -0.1) is 0 Å². The molecule has 0 aliphatic rings. The van der Waals surface area contributed by atoms with Crippen molar-refractivity contribution in [3.8, 4) is 28.7 Å². The van der Waals surface area contributed by atoms with Gasteiger partial charge in [-0.1, -0.05) is 25.1 Å². The molecule has 0 saturated carbocycles. The van der Waals surface area contributed by atoms with Crippen LogP contribution in [0.1, 0.15) is 20.3 Å². The van der Waals surface area contributed by atoms with E-state index in [2.05, 4.69) is 0 Å². The summed E-state index contributed by atoms with van der Waals surface area (Å²) >= 11 is 0. The van der Waals surface area contributed by atoms with Crippen molar-refractivity contribution in [2.75, 3.05) is 6.61 Å². The molecule has 2 aromatic rings. The smallest absolute Gasteiger partial charge is 0.181 e. The Morgan fingerprint density at radius 2 is 1.82 bits per heavy atom. The van der Waals surface area contributed by atoms with Gasteiger partial charge in [-0.2, -0.15) is 5.26 Å². The van der Waals surface area contributed by atoms with Gasteiger partial charge in [-0.25, -0.2) is 4.39 Å². The first kappa shape index (κ1) is 15.8. The molecule has 114 valence electrons. The molecule has 4 heteroatoms. The molecule has 0 bridgehead atoms. The zero-order valence-corrected chi connectivity index (χ0v) is 12.7. The molecule has 0 aliphatic carbocycles. The van der Waals surface area contributed by atoms with E-state index in [1.807, 2.05) is 31.2 Å². The summed E-state index contributed by atoms with van der Waals surface area (Å²) in [4.78, 5) is 0. The van der Waals surface area contributed by atoms with Gasteiger partial charge in [-0.05, 0) is 48.7 Å². The van der Waals surface area contributed by atoms with Crippen LogP contribution in [0, 0.1) is 17.1 Å². The second kappa shape index (κ2) is 7.46. The van der Waals surface area contributed by atoms with Crippen LogP contribution >= 0.6 is 0 Å². The maximum Gasteiger partial charge on any atom is 0.181 e. The summed E-state index contributed by atoms with van der Waals surface area (Å²) in [6.07, 6.45) is 0.335. The van der Waals surface area contributed by atoms with Gasteiger partial charge in [0.2, 0.25) is 0 Å². The monoisotopic (exact) mass is 299 g/mol. The first-order chi connectivity index (χ1) is 10.6. The molecule has 1 atom stereocenters. The van der Waals surface area contributed by atoms with Gasteiger partial charge in [0.05, 0.1) is 6.61 Å². The summed E-state index contributed by atoms with van der Waals surface area (Å²) in [6.45, 7) is 4.15. The summed E-state index contributed by atoms with van der Waals surface area (Å²) in [5, 5.41) is 8.72. The van der Waals surface area contributed by atoms with Crippen molar-refractivity contribution in [1.29, 1.82) is 5.26 Å². The van der Waals surface area contributed by atoms with Crippen LogP contribution in [0.4, 0.5) is 4.39 Å². The van der Waals surface area contributed by atoms with Crippen LogP contribution in [0.15, 0.2) is 42.5 Å². The minimum Gasteiger partial charge on any atom is -0.491 e. The SMILES string of the molecule is CCCOc1ccc(-c2ccc(OC(C)C#N)cc2)cc1F. The number of rotatable bonds is 6. The molecule has 3 nitrogen and oxygen atoms in total. The fraction of sp³-hybridized carbons (Fsp3) is 0.278. The molecule has 0 aliphatic heterocycles. The highest BCUT2D eigenvalue weighted by molar-refractivity contribution is 5.65. The number of nitrogens with zero attached hydrogens (tertiary/aromatic N) is 1. The molecule has 0 radical (unpaired) electrons. The Morgan fingerprint density at radius 1 is 1.14 bits per heavy atom. The van der Waals surface area contributed by atoms with E-state index in [0.29, 0.717) is 12.4 Å². The van der Waals surface area contributed by atoms with E-state index in [-0.39, 0.29) is 11.6 Å². The minimum absolute atomic E-state index is 0.272. The average Bonchev–Trinajstić information content (AvgIpc) is 2.54. The Kier molecular flexibility index (Phi) is 5.37. The Hall–Kier alpha value is -2.54. The van der Waals surface area contributed by atoms with E-state index in [1.54, 1.807) is 25.1 Å². The highest BCUT2D eigenvalue weighted by Crippen LogP contribution is 2.27. The predicted molar refractivity (Wildman–Crippen MR) is 83.3 cm³/mol. The molecule has 0 aromatic heterocycles. The van der Waals surface area contributed by atoms with E-state index in [1.165, 1.54) is 6.07 Å². The van der Waals surface area contributed by atoms with Crippen molar-refractivity contribution in [1.82, 2.24) is 0 Å². The maximum absolute atomic E-state index is 14.0. The second-order valence-corrected chi connectivity index (χ2v) is 4.91. The van der Waals surface area contributed by atoms with E-state index in [9.17, 15) is 4.39 Å². The lowest BCUT2D eigenvalue weighted by Crippen LogP contribution is -2.07. The Morgan fingerprint density at radius 3 is 2.41 bits per heavy atom. The molecule has 2 rings (SSSR count). The van der Waals surface area contributed by atoms with Gasteiger partial charge in [0, 0.05) is 0 Å². The number of halogens is 1. The lowest BCUT2D eigenvalue weighted by Gasteiger charge is -2.10. The third kappa shape index (κ3) is 3.98. The van der Waals surface area contributed by atoms with Crippen LogP contribution in [0.5, 0.6) is 11.5 Å². The van der Waals surface area contributed by atoms with E-state index in [4.69, 9.17) is 14.7 Å². The van der Waals surface area contributed by atoms with Gasteiger partial charge in [0.25, 0.3) is 0 Å². The number of benzene rings is 2. The number of hydrogen-bond acceptors (Lipinski definition) is 3. The van der Waals surface area contributed by atoms with E-state index < -0.39 is 6.10 Å². The Bertz CT molecular complexity index is 662. The Balaban J connectivity index is 2.15. The summed E-state index contributed by atoms with van der Waals surface area (Å²) in [7, 11) is 0. The summed E-state index contributed by atoms with van der Waals surface area (Å²) in [5.74, 6) is 0.513. The van der Waals surface area contributed by atoms with Crippen molar-refractivity contribution >= 4 is 0 Å². The third-order valence-corrected chi connectivity index (χ3v) is 3.08. The molecule has 0 spiro atoms. The van der Waals surface area contributed by atoms with Crippen LogP contribution in [0.2, 0.25) is 0 Å². The summed E-state index contributed by atoms with van der Waals surface area (Å²) in [6, 6.07) is 14.1. The largest absolute Gasteiger partial charge is 0.491 e. The zero-order chi connectivity index (χ0) is 15.9. The van der Waals surface area contributed by atoms with Crippen molar-refractivity contribution in [3.05, 3.63) is 48.3 Å². The van der Waals surface area contributed by atoms with Crippen LogP contribution in [0.3, 0.4) is 0 Å². The Labute approximate surface area is 129 Å². The lowest BCUT2D eigenvalue weighted by molar-refractivity contribution is 0.276. The van der Waals surface area contributed by atoms with Gasteiger partial charge in [-0.3, -0.25) is 0 Å². The third-order valence-electron chi connectivity index (χ3n) is 3.08. The predicted octanol–water partition coefficient (Wildman–Crippen LogP) is 4.57. The maximum atomic E-state index is 14.0. The molecule has 0 amide bonds. The summed E-state index contributed by atoms with van der Waals surface area (Å²) < 4.78 is 24.7. The summed E-state index contributed by atoms with van der Waals surface area (Å²) in [5.41, 5.74) is 1.64. The first-order valence-electron chi connectivity index (χ1n) is 7.23. The molecular weight excluding hydrogens is 281 g/mol. The number of hydrogen-bond donors (Lipinski definition) is 0. The van der Waals surface area contributed by atoms with Gasteiger partial charge in [0.15, 0.2) is 17.7 Å². The quantitative estimate of drug-likeness (QED) is 0.784. The average molecular weight is 299 g/mol. The molecule has 2 aromatic carbocycles. The molecular formula is C18H18FNO2. The lowest BCUT2D eigenvalue weighted by atomic mass is 10.1. The fourth-order valence-corrected chi connectivity index (χ4v) is 1.97. The zero-order valence-electron chi connectivity index (χ0n) is 12.7. The molecule has 0 N–H and O–H groups in total. The van der Waals surface area contributed by atoms with Crippen molar-refractivity contribution < 1.29 is 13.9 Å². The molecule has 22 heavy (non-hydrogen) atoms. The topological polar surface area (TPSA) is 42.2 Å². The van der Waals surface area contributed by atoms with Crippen molar-refractivity contribution in [3.63, 3.8) is 0 Å². The number of nitriles is 1. The van der Waals surface area contributed by atoms with Crippen LogP contribution in [-0.2, 0) is 0 Å². The standard InChI is InChI=1S/C18H18FNO2/c1-3-10-21-18-9-6-15(11-17(18)19)14-4-7-16(8-5-14)22-13(2)12-20/h4-9,11,13H,3,10H2,1-2H3. The van der Waals surface area contributed by atoms with Crippen LogP contribution in [-0.4, -0.2) is 12.7 Å². The van der Waals surface area contributed by atoms with Crippen molar-refractivity contribution in [2.24, 2.45) is 0 Å². The van der Waals surface area contributed by atoms with Crippen LogP contribution < -0.4 is 9.47 Å². The highest BCUT2D eigenvalue weighted by atomic mass is 19.1. The second-order valence-electron chi connectivity index (χ2n) is 4.91. The normalized spacial score (nSPS) is 11.5. The highest BCUT2D eigenvalue weighted by Gasteiger charge is 2.07. The minimum atomic E-state index is -0.502. The first-order valence-corrected chi connectivity index (χ1v) is 7.23. The van der Waals surface area contributed by atoms with E-state index >= 15 is 0 Å². The molecule has 0 saturated heterocycles. The van der Waals surface area contributed by atoms with Crippen LogP contribution in [0.25, 0.3) is 11.1 Å². The van der Waals surface area contributed by atoms with Gasteiger partial charge < -0.3 is 9.47 Å². The number of ether oxygens (including phenoxy) is 2. The van der Waals surface area contributed by atoms with E-state index in [0.717, 1.165) is 17.5 Å². The molecule has 0 fully saturated rings. The van der Waals surface area contributed by atoms with Crippen molar-refractivity contribution in [2.45, 2.75) is 26.4 Å². The molecule has 1 unspecified atom stereocenters. The van der Waals surface area contributed by atoms with Gasteiger partial charge in [0.1, 0.15) is 11.8 Å². The molecule has 0 heterocycles. The van der Waals surface area contributed by atoms with Gasteiger partial charge >= 0.3 is 0 Å².